The molecule has 130 valence electrons. The fourth-order valence-electron chi connectivity index (χ4n) is 3.21. The van der Waals surface area contributed by atoms with E-state index in [-0.39, 0.29) is 13.2 Å². The SMILES string of the molecule is C.CCC(=O)C(C[C@@H](C)N(C)C)(c1ccccc1)c1ccccc1. The second-order valence-electron chi connectivity index (χ2n) is 6.43. The normalized spacial score (nSPS) is 12.5. The number of hydrogen-bond acceptors (Lipinski definition) is 2. The third-order valence-electron chi connectivity index (χ3n) is 4.81. The lowest BCUT2D eigenvalue weighted by atomic mass is 9.67. The highest BCUT2D eigenvalue weighted by Crippen LogP contribution is 2.39. The lowest BCUT2D eigenvalue weighted by Gasteiger charge is -2.37. The first-order valence-corrected chi connectivity index (χ1v) is 8.33. The molecule has 2 aromatic carbocycles. The number of nitrogens with zero attached hydrogens (tertiary/aromatic N) is 1. The van der Waals surface area contributed by atoms with E-state index in [0.717, 1.165) is 17.5 Å². The Morgan fingerprint density at radius 2 is 1.38 bits per heavy atom. The second kappa shape index (κ2) is 8.79. The minimum Gasteiger partial charge on any atom is -0.307 e. The maximum Gasteiger partial charge on any atom is 0.147 e. The van der Waals surface area contributed by atoms with Crippen LogP contribution in [0, 0.1) is 0 Å². The Morgan fingerprint density at radius 3 is 1.71 bits per heavy atom. The first-order valence-electron chi connectivity index (χ1n) is 8.33. The lowest BCUT2D eigenvalue weighted by Crippen LogP contribution is -2.42. The molecule has 2 nitrogen and oxygen atoms in total. The van der Waals surface area contributed by atoms with Gasteiger partial charge in [0.1, 0.15) is 5.78 Å². The average Bonchev–Trinajstić information content (AvgIpc) is 2.60. The van der Waals surface area contributed by atoms with Crippen LogP contribution in [0.25, 0.3) is 0 Å². The van der Waals surface area contributed by atoms with Gasteiger partial charge in [-0.05, 0) is 38.6 Å². The zero-order valence-electron chi connectivity index (χ0n) is 14.6. The Balaban J connectivity index is 0.00000288. The van der Waals surface area contributed by atoms with E-state index in [2.05, 4.69) is 50.2 Å². The van der Waals surface area contributed by atoms with E-state index in [1.165, 1.54) is 0 Å². The molecule has 0 aliphatic rings. The number of Topliss-reactive ketones (excluding diaryl/α,β-unsaturated/α-hetero) is 1. The molecule has 0 aromatic heterocycles. The van der Waals surface area contributed by atoms with Gasteiger partial charge in [-0.25, -0.2) is 0 Å². The Bertz CT molecular complexity index is 579. The molecule has 24 heavy (non-hydrogen) atoms. The predicted octanol–water partition coefficient (Wildman–Crippen LogP) is 4.93. The molecule has 0 heterocycles. The van der Waals surface area contributed by atoms with Crippen LogP contribution in [0.4, 0.5) is 0 Å². The summed E-state index contributed by atoms with van der Waals surface area (Å²) in [5, 5.41) is 0. The summed E-state index contributed by atoms with van der Waals surface area (Å²) in [5.74, 6) is 0.281. The maximum atomic E-state index is 13.2. The molecule has 0 fully saturated rings. The molecule has 0 saturated heterocycles. The molecule has 0 unspecified atom stereocenters. The van der Waals surface area contributed by atoms with E-state index in [0.29, 0.717) is 12.5 Å². The summed E-state index contributed by atoms with van der Waals surface area (Å²) in [7, 11) is 4.14. The molecule has 0 aliphatic carbocycles. The Morgan fingerprint density at radius 1 is 0.958 bits per heavy atom. The van der Waals surface area contributed by atoms with Crippen molar-refractivity contribution in [2.75, 3.05) is 14.1 Å². The number of hydrogen-bond donors (Lipinski definition) is 0. The minimum atomic E-state index is -0.582. The summed E-state index contributed by atoms with van der Waals surface area (Å²) < 4.78 is 0. The van der Waals surface area contributed by atoms with E-state index in [1.807, 2.05) is 43.3 Å². The quantitative estimate of drug-likeness (QED) is 0.719. The first-order chi connectivity index (χ1) is 11.0. The molecule has 0 spiro atoms. The first kappa shape index (κ1) is 20.1. The molecule has 0 saturated carbocycles. The molecule has 2 rings (SSSR count). The van der Waals surface area contributed by atoms with Gasteiger partial charge in [-0.2, -0.15) is 0 Å². The summed E-state index contributed by atoms with van der Waals surface area (Å²) >= 11 is 0. The van der Waals surface area contributed by atoms with Gasteiger partial charge in [-0.15, -0.1) is 0 Å². The van der Waals surface area contributed by atoms with Crippen molar-refractivity contribution in [3.63, 3.8) is 0 Å². The molecule has 0 aliphatic heterocycles. The smallest absolute Gasteiger partial charge is 0.147 e. The molecule has 0 amide bonds. The predicted molar refractivity (Wildman–Crippen MR) is 103 cm³/mol. The third kappa shape index (κ3) is 3.93. The van der Waals surface area contributed by atoms with Crippen LogP contribution >= 0.6 is 0 Å². The van der Waals surface area contributed by atoms with Crippen LogP contribution in [0.15, 0.2) is 60.7 Å². The monoisotopic (exact) mass is 325 g/mol. The summed E-state index contributed by atoms with van der Waals surface area (Å²) in [6.45, 7) is 4.15. The van der Waals surface area contributed by atoms with Gasteiger partial charge in [-0.3, -0.25) is 4.79 Å². The molecule has 0 radical (unpaired) electrons. The van der Waals surface area contributed by atoms with Crippen LogP contribution in [0.1, 0.15) is 45.2 Å². The lowest BCUT2D eigenvalue weighted by molar-refractivity contribution is -0.123. The van der Waals surface area contributed by atoms with Crippen LogP contribution in [0.3, 0.4) is 0 Å². The number of benzene rings is 2. The zero-order valence-corrected chi connectivity index (χ0v) is 14.6. The van der Waals surface area contributed by atoms with Crippen LogP contribution in [-0.4, -0.2) is 30.8 Å². The summed E-state index contributed by atoms with van der Waals surface area (Å²) in [6, 6.07) is 20.7. The number of ketones is 1. The van der Waals surface area contributed by atoms with Gasteiger partial charge in [0.25, 0.3) is 0 Å². The molecule has 0 N–H and O–H groups in total. The van der Waals surface area contributed by atoms with Crippen molar-refractivity contribution >= 4 is 5.78 Å². The van der Waals surface area contributed by atoms with Crippen LogP contribution in [0.5, 0.6) is 0 Å². The van der Waals surface area contributed by atoms with Gasteiger partial charge in [0, 0.05) is 12.5 Å². The maximum absolute atomic E-state index is 13.2. The van der Waals surface area contributed by atoms with E-state index in [4.69, 9.17) is 0 Å². The van der Waals surface area contributed by atoms with Gasteiger partial charge in [0.15, 0.2) is 0 Å². The van der Waals surface area contributed by atoms with Crippen molar-refractivity contribution in [3.8, 4) is 0 Å². The number of rotatable bonds is 7. The number of carbonyl (C=O) groups excluding carboxylic acids is 1. The molecule has 1 atom stereocenters. The molecule has 0 bridgehead atoms. The van der Waals surface area contributed by atoms with Crippen molar-refractivity contribution in [2.24, 2.45) is 0 Å². The molecular formula is C22H31NO. The molecule has 2 aromatic rings. The number of carbonyl (C=O) groups is 1. The van der Waals surface area contributed by atoms with E-state index < -0.39 is 5.41 Å². The van der Waals surface area contributed by atoms with Crippen LogP contribution in [-0.2, 0) is 10.2 Å². The molecule has 2 heteroatoms. The van der Waals surface area contributed by atoms with Crippen molar-refractivity contribution < 1.29 is 4.79 Å². The summed E-state index contributed by atoms with van der Waals surface area (Å²) in [5.41, 5.74) is 1.60. The fraction of sp³-hybridized carbons (Fsp3) is 0.409. The van der Waals surface area contributed by atoms with Crippen molar-refractivity contribution in [1.29, 1.82) is 0 Å². The Kier molecular flexibility index (Phi) is 7.37. The van der Waals surface area contributed by atoms with Gasteiger partial charge in [-0.1, -0.05) is 75.0 Å². The Labute approximate surface area is 147 Å². The van der Waals surface area contributed by atoms with Crippen molar-refractivity contribution in [3.05, 3.63) is 71.8 Å². The second-order valence-corrected chi connectivity index (χ2v) is 6.43. The summed E-state index contributed by atoms with van der Waals surface area (Å²) in [6.07, 6.45) is 1.31. The van der Waals surface area contributed by atoms with Crippen LogP contribution < -0.4 is 0 Å². The third-order valence-corrected chi connectivity index (χ3v) is 4.81. The highest BCUT2D eigenvalue weighted by molar-refractivity contribution is 5.93. The minimum absolute atomic E-state index is 0. The van der Waals surface area contributed by atoms with Gasteiger partial charge in [0.05, 0.1) is 5.41 Å². The van der Waals surface area contributed by atoms with Gasteiger partial charge < -0.3 is 4.90 Å². The van der Waals surface area contributed by atoms with Gasteiger partial charge in [0.2, 0.25) is 0 Å². The van der Waals surface area contributed by atoms with Gasteiger partial charge >= 0.3 is 0 Å². The average molecular weight is 325 g/mol. The highest BCUT2D eigenvalue weighted by atomic mass is 16.1. The highest BCUT2D eigenvalue weighted by Gasteiger charge is 2.41. The zero-order chi connectivity index (χ0) is 16.9. The van der Waals surface area contributed by atoms with Crippen molar-refractivity contribution in [2.45, 2.75) is 45.6 Å². The molecular weight excluding hydrogens is 294 g/mol. The fourth-order valence-corrected chi connectivity index (χ4v) is 3.21. The van der Waals surface area contributed by atoms with E-state index in [9.17, 15) is 4.79 Å². The van der Waals surface area contributed by atoms with Crippen LogP contribution in [0.2, 0.25) is 0 Å². The van der Waals surface area contributed by atoms with E-state index in [1.54, 1.807) is 0 Å². The Hall–Kier alpha value is -1.93. The summed E-state index contributed by atoms with van der Waals surface area (Å²) in [4.78, 5) is 15.4. The van der Waals surface area contributed by atoms with E-state index >= 15 is 0 Å². The topological polar surface area (TPSA) is 20.3 Å². The largest absolute Gasteiger partial charge is 0.307 e. The van der Waals surface area contributed by atoms with Crippen molar-refractivity contribution in [1.82, 2.24) is 4.90 Å². The standard InChI is InChI=1S/C21H27NO.CH4/c1-5-20(23)21(16-17(2)22(3)4,18-12-8-6-9-13-18)19-14-10-7-11-15-19;/h6-15,17H,5,16H2,1-4H3;1H4/t17-;/m1./s1.